The average Bonchev–Trinajstić information content (AvgIpc) is 3.22. The zero-order chi connectivity index (χ0) is 21.0. The Morgan fingerprint density at radius 3 is 2.31 bits per heavy atom. The predicted octanol–water partition coefficient (Wildman–Crippen LogP) is 3.44. The van der Waals surface area contributed by atoms with E-state index in [1.807, 2.05) is 6.92 Å². The minimum Gasteiger partial charge on any atom is -0.468 e. The third-order valence-electron chi connectivity index (χ3n) is 4.37. The molecule has 3 aromatic rings. The molecule has 0 fully saturated rings. The second-order valence-electron chi connectivity index (χ2n) is 6.38. The second-order valence-corrected chi connectivity index (χ2v) is 8.51. The van der Waals surface area contributed by atoms with Gasteiger partial charge in [-0.25, -0.2) is 8.42 Å². The van der Waals surface area contributed by atoms with E-state index in [0.717, 1.165) is 5.56 Å². The molecular weight excluding hydrogens is 396 g/mol. The Morgan fingerprint density at radius 1 is 1.10 bits per heavy atom. The third kappa shape index (κ3) is 4.52. The van der Waals surface area contributed by atoms with Crippen molar-refractivity contribution < 1.29 is 22.6 Å². The van der Waals surface area contributed by atoms with Crippen molar-refractivity contribution in [1.82, 2.24) is 5.32 Å². The number of benzene rings is 2. The Labute approximate surface area is 167 Å². The van der Waals surface area contributed by atoms with Crippen LogP contribution in [-0.2, 0) is 9.84 Å². The highest BCUT2D eigenvalue weighted by Crippen LogP contribution is 2.29. The Bertz CT molecular complexity index is 1100. The number of carbonyl (C=O) groups is 1. The van der Waals surface area contributed by atoms with Gasteiger partial charge in [0.2, 0.25) is 0 Å². The summed E-state index contributed by atoms with van der Waals surface area (Å²) in [6.07, 6.45) is 1.37. The first-order chi connectivity index (χ1) is 13.8. The van der Waals surface area contributed by atoms with Gasteiger partial charge in [-0.1, -0.05) is 17.7 Å². The van der Waals surface area contributed by atoms with Crippen LogP contribution in [0.4, 0.5) is 5.69 Å². The summed E-state index contributed by atoms with van der Waals surface area (Å²) in [5, 5.41) is 12.2. The summed E-state index contributed by atoms with van der Waals surface area (Å²) in [6, 6.07) is 14.6. The molecule has 0 aliphatic heterocycles. The molecule has 0 aliphatic rings. The summed E-state index contributed by atoms with van der Waals surface area (Å²) in [7, 11) is -3.83. The number of carbonyl (C=O) groups excluding carboxylic acids is 1. The molecule has 0 radical (unpaired) electrons. The lowest BCUT2D eigenvalue weighted by Crippen LogP contribution is -2.31. The van der Waals surface area contributed by atoms with Crippen LogP contribution in [0.25, 0.3) is 0 Å². The zero-order valence-electron chi connectivity index (χ0n) is 15.4. The van der Waals surface area contributed by atoms with Crippen LogP contribution in [0.2, 0.25) is 0 Å². The number of nitrogens with one attached hydrogen (secondary N) is 1. The lowest BCUT2D eigenvalue weighted by Gasteiger charge is -2.17. The molecule has 29 heavy (non-hydrogen) atoms. The molecule has 2 aromatic carbocycles. The number of amides is 1. The Balaban J connectivity index is 1.82. The van der Waals surface area contributed by atoms with Crippen molar-refractivity contribution in [2.24, 2.45) is 0 Å². The monoisotopic (exact) mass is 414 g/mol. The van der Waals surface area contributed by atoms with Crippen LogP contribution in [0, 0.1) is 17.0 Å². The third-order valence-corrected chi connectivity index (χ3v) is 6.45. The van der Waals surface area contributed by atoms with E-state index in [4.69, 9.17) is 4.42 Å². The summed E-state index contributed by atoms with van der Waals surface area (Å²) in [6.45, 7) is 1.63. The molecule has 8 nitrogen and oxygen atoms in total. The molecule has 1 amide bonds. The van der Waals surface area contributed by atoms with Crippen LogP contribution >= 0.6 is 0 Å². The van der Waals surface area contributed by atoms with Gasteiger partial charge in [-0.2, -0.15) is 0 Å². The molecule has 1 atom stereocenters. The van der Waals surface area contributed by atoms with Crippen LogP contribution in [0.3, 0.4) is 0 Å². The summed E-state index contributed by atoms with van der Waals surface area (Å²) >= 11 is 0. The van der Waals surface area contributed by atoms with Crippen molar-refractivity contribution in [3.05, 3.63) is 93.9 Å². The molecule has 1 heterocycles. The van der Waals surface area contributed by atoms with E-state index in [-0.39, 0.29) is 28.5 Å². The van der Waals surface area contributed by atoms with Crippen LogP contribution in [0.5, 0.6) is 0 Å². The van der Waals surface area contributed by atoms with E-state index in [9.17, 15) is 23.3 Å². The Morgan fingerprint density at radius 2 is 1.76 bits per heavy atom. The topological polar surface area (TPSA) is 120 Å². The predicted molar refractivity (Wildman–Crippen MR) is 105 cm³/mol. The van der Waals surface area contributed by atoms with E-state index in [1.54, 1.807) is 18.2 Å². The lowest BCUT2D eigenvalue weighted by molar-refractivity contribution is -0.384. The number of hydrogen-bond donors (Lipinski definition) is 1. The van der Waals surface area contributed by atoms with E-state index in [1.165, 1.54) is 48.7 Å². The van der Waals surface area contributed by atoms with Gasteiger partial charge < -0.3 is 9.73 Å². The van der Waals surface area contributed by atoms with Gasteiger partial charge in [-0.3, -0.25) is 14.9 Å². The normalized spacial score (nSPS) is 12.3. The SMILES string of the molecule is Cc1ccc(S(=O)(=O)C(CNC(=O)c2ccc([N+](=O)[O-])cc2)c2ccco2)cc1. The van der Waals surface area contributed by atoms with Gasteiger partial charge in [0, 0.05) is 24.2 Å². The number of furan rings is 1. The first-order valence-corrected chi connectivity index (χ1v) is 10.2. The smallest absolute Gasteiger partial charge is 0.269 e. The van der Waals surface area contributed by atoms with Crippen molar-refractivity contribution in [1.29, 1.82) is 0 Å². The Hall–Kier alpha value is -3.46. The first kappa shape index (κ1) is 20.3. The van der Waals surface area contributed by atoms with Crippen LogP contribution in [-0.4, -0.2) is 25.8 Å². The maximum absolute atomic E-state index is 13.1. The highest BCUT2D eigenvalue weighted by Gasteiger charge is 2.32. The highest BCUT2D eigenvalue weighted by molar-refractivity contribution is 7.91. The van der Waals surface area contributed by atoms with Gasteiger partial charge in [0.25, 0.3) is 11.6 Å². The number of nitrogens with zero attached hydrogens (tertiary/aromatic N) is 1. The fraction of sp³-hybridized carbons (Fsp3) is 0.150. The number of hydrogen-bond acceptors (Lipinski definition) is 6. The number of non-ortho nitro benzene ring substituents is 1. The van der Waals surface area contributed by atoms with E-state index in [0.29, 0.717) is 0 Å². The number of aryl methyl sites for hydroxylation is 1. The molecule has 0 saturated carbocycles. The summed E-state index contributed by atoms with van der Waals surface area (Å²) < 4.78 is 31.6. The average molecular weight is 414 g/mol. The van der Waals surface area contributed by atoms with Gasteiger partial charge in [0.15, 0.2) is 9.84 Å². The number of nitro benzene ring substituents is 1. The molecule has 1 N–H and O–H groups in total. The molecule has 3 rings (SSSR count). The molecule has 9 heteroatoms. The molecule has 1 unspecified atom stereocenters. The Kier molecular flexibility index (Phi) is 5.79. The minimum absolute atomic E-state index is 0.120. The van der Waals surface area contributed by atoms with Gasteiger partial charge in [0.1, 0.15) is 11.0 Å². The molecule has 0 bridgehead atoms. The molecular formula is C20H18N2O6S. The number of rotatable bonds is 7. The van der Waals surface area contributed by atoms with Gasteiger partial charge in [-0.15, -0.1) is 0 Å². The summed E-state index contributed by atoms with van der Waals surface area (Å²) in [4.78, 5) is 22.7. The van der Waals surface area contributed by atoms with Crippen molar-refractivity contribution >= 4 is 21.4 Å². The van der Waals surface area contributed by atoms with Crippen LogP contribution in [0.1, 0.15) is 26.9 Å². The van der Waals surface area contributed by atoms with Crippen LogP contribution < -0.4 is 5.32 Å². The molecule has 0 spiro atoms. The fourth-order valence-corrected chi connectivity index (χ4v) is 4.34. The largest absolute Gasteiger partial charge is 0.468 e. The van der Waals surface area contributed by atoms with Gasteiger partial charge in [0.05, 0.1) is 16.1 Å². The standard InChI is InChI=1S/C20H18N2O6S/c1-14-4-10-17(11-5-14)29(26,27)19(18-3-2-12-28-18)13-21-20(23)15-6-8-16(9-7-15)22(24)25/h2-12,19H,13H2,1H3,(H,21,23). The molecule has 0 saturated heterocycles. The van der Waals surface area contributed by atoms with Crippen molar-refractivity contribution in [3.63, 3.8) is 0 Å². The molecule has 0 aliphatic carbocycles. The van der Waals surface area contributed by atoms with Crippen molar-refractivity contribution in [3.8, 4) is 0 Å². The summed E-state index contributed by atoms with van der Waals surface area (Å²) in [5.41, 5.74) is 0.962. The molecule has 150 valence electrons. The zero-order valence-corrected chi connectivity index (χ0v) is 16.3. The molecule has 1 aromatic heterocycles. The van der Waals surface area contributed by atoms with Crippen molar-refractivity contribution in [2.45, 2.75) is 17.1 Å². The maximum atomic E-state index is 13.1. The highest BCUT2D eigenvalue weighted by atomic mass is 32.2. The fourth-order valence-electron chi connectivity index (χ4n) is 2.75. The number of nitro groups is 1. The van der Waals surface area contributed by atoms with Crippen molar-refractivity contribution in [2.75, 3.05) is 6.54 Å². The second kappa shape index (κ2) is 8.27. The van der Waals surface area contributed by atoms with E-state index >= 15 is 0 Å². The van der Waals surface area contributed by atoms with Gasteiger partial charge >= 0.3 is 0 Å². The summed E-state index contributed by atoms with van der Waals surface area (Å²) in [5.74, 6) is -0.342. The minimum atomic E-state index is -3.83. The lowest BCUT2D eigenvalue weighted by atomic mass is 10.2. The quantitative estimate of drug-likeness (QED) is 0.467. The van der Waals surface area contributed by atoms with E-state index < -0.39 is 25.9 Å². The maximum Gasteiger partial charge on any atom is 0.269 e. The number of sulfone groups is 1. The van der Waals surface area contributed by atoms with Gasteiger partial charge in [-0.05, 0) is 43.3 Å². The first-order valence-electron chi connectivity index (χ1n) is 8.65. The van der Waals surface area contributed by atoms with E-state index in [2.05, 4.69) is 5.32 Å². The van der Waals surface area contributed by atoms with Crippen LogP contribution in [0.15, 0.2) is 76.2 Å².